The van der Waals surface area contributed by atoms with Crippen molar-refractivity contribution in [1.29, 1.82) is 0 Å². The van der Waals surface area contributed by atoms with Crippen LogP contribution in [0.25, 0.3) is 0 Å². The van der Waals surface area contributed by atoms with E-state index in [4.69, 9.17) is 11.6 Å². The maximum Gasteiger partial charge on any atom is 0.417 e. The highest BCUT2D eigenvalue weighted by atomic mass is 35.5. The number of hydrogen-bond acceptors (Lipinski definition) is 4. The van der Waals surface area contributed by atoms with Gasteiger partial charge in [0.2, 0.25) is 0 Å². The Morgan fingerprint density at radius 2 is 1.62 bits per heavy atom. The standard InChI is InChI=1S/C23H25ClF3N3O3S/c24-21-14-13-18(15-20(21)23(25,26)27)30(34(32,33)19-11-7-4-8-12-19)16-22(31)29-28-17-9-5-2-1-3-6-10-17/h4,7-8,11-15H,1-3,5-6,9-10,16H2,(H,29,31). The van der Waals surface area contributed by atoms with Crippen molar-refractivity contribution >= 4 is 38.9 Å². The van der Waals surface area contributed by atoms with Crippen molar-refractivity contribution in [3.8, 4) is 0 Å². The van der Waals surface area contributed by atoms with Gasteiger partial charge in [-0.05, 0) is 56.0 Å². The molecule has 0 unspecified atom stereocenters. The molecule has 6 nitrogen and oxygen atoms in total. The van der Waals surface area contributed by atoms with Crippen LogP contribution in [0.3, 0.4) is 0 Å². The Bertz CT molecular complexity index is 1130. The smallest absolute Gasteiger partial charge is 0.271 e. The summed E-state index contributed by atoms with van der Waals surface area (Å²) in [6.07, 6.45) is 1.89. The highest BCUT2D eigenvalue weighted by molar-refractivity contribution is 7.92. The predicted molar refractivity (Wildman–Crippen MR) is 125 cm³/mol. The van der Waals surface area contributed by atoms with E-state index in [-0.39, 0.29) is 10.6 Å². The lowest BCUT2D eigenvalue weighted by Gasteiger charge is -2.25. The number of alkyl halides is 3. The first-order valence-corrected chi connectivity index (χ1v) is 12.7. The van der Waals surface area contributed by atoms with Gasteiger partial charge in [-0.2, -0.15) is 18.3 Å². The third-order valence-corrected chi connectivity index (χ3v) is 7.55. The minimum Gasteiger partial charge on any atom is -0.271 e. The zero-order chi connectivity index (χ0) is 24.8. The van der Waals surface area contributed by atoms with E-state index >= 15 is 0 Å². The fourth-order valence-corrected chi connectivity index (χ4v) is 5.31. The van der Waals surface area contributed by atoms with Crippen LogP contribution in [0.4, 0.5) is 18.9 Å². The third kappa shape index (κ3) is 6.73. The highest BCUT2D eigenvalue weighted by Crippen LogP contribution is 2.38. The molecule has 1 amide bonds. The van der Waals surface area contributed by atoms with Crippen LogP contribution in [0.15, 0.2) is 58.5 Å². The first-order chi connectivity index (χ1) is 16.1. The molecular formula is C23H25ClF3N3O3S. The summed E-state index contributed by atoms with van der Waals surface area (Å²) in [6, 6.07) is 9.88. The molecule has 2 aromatic rings. The number of rotatable bonds is 6. The second kappa shape index (κ2) is 11.2. The van der Waals surface area contributed by atoms with Crippen LogP contribution in [-0.2, 0) is 21.0 Å². The number of sulfonamides is 1. The largest absolute Gasteiger partial charge is 0.417 e. The molecule has 34 heavy (non-hydrogen) atoms. The first-order valence-electron chi connectivity index (χ1n) is 10.9. The van der Waals surface area contributed by atoms with Crippen molar-refractivity contribution < 1.29 is 26.4 Å². The van der Waals surface area contributed by atoms with Gasteiger partial charge in [0.1, 0.15) is 6.54 Å². The molecule has 1 N–H and O–H groups in total. The van der Waals surface area contributed by atoms with E-state index in [9.17, 15) is 26.4 Å². The summed E-state index contributed by atoms with van der Waals surface area (Å²) in [5, 5.41) is 3.58. The van der Waals surface area contributed by atoms with Gasteiger partial charge in [-0.3, -0.25) is 9.10 Å². The molecule has 0 aromatic heterocycles. The SMILES string of the molecule is O=C(CN(c1ccc(Cl)c(C(F)(F)F)c1)S(=O)(=O)c1ccccc1)NN=C1CCCCCCC1. The summed E-state index contributed by atoms with van der Waals surface area (Å²) in [4.78, 5) is 12.5. The summed E-state index contributed by atoms with van der Waals surface area (Å²) in [5.74, 6) is -0.766. The molecule has 1 aliphatic carbocycles. The normalized spacial score (nSPS) is 15.2. The first kappa shape index (κ1) is 26.0. The molecule has 0 atom stereocenters. The van der Waals surface area contributed by atoms with Crippen molar-refractivity contribution in [1.82, 2.24) is 5.43 Å². The molecule has 0 aliphatic heterocycles. The van der Waals surface area contributed by atoms with Gasteiger partial charge in [-0.15, -0.1) is 0 Å². The van der Waals surface area contributed by atoms with Crippen molar-refractivity contribution in [3.63, 3.8) is 0 Å². The molecule has 184 valence electrons. The molecule has 0 radical (unpaired) electrons. The van der Waals surface area contributed by atoms with Crippen LogP contribution in [0.1, 0.15) is 50.5 Å². The topological polar surface area (TPSA) is 78.8 Å². The Kier molecular flexibility index (Phi) is 8.59. The third-order valence-electron chi connectivity index (χ3n) is 5.43. The Hall–Kier alpha value is -2.59. The molecule has 1 fully saturated rings. The van der Waals surface area contributed by atoms with Gasteiger partial charge >= 0.3 is 6.18 Å². The van der Waals surface area contributed by atoms with E-state index in [2.05, 4.69) is 10.5 Å². The van der Waals surface area contributed by atoms with E-state index in [1.54, 1.807) is 6.07 Å². The van der Waals surface area contributed by atoms with Crippen LogP contribution in [0.2, 0.25) is 5.02 Å². The van der Waals surface area contributed by atoms with E-state index in [1.165, 1.54) is 24.3 Å². The number of halogens is 4. The number of anilines is 1. The van der Waals surface area contributed by atoms with Crippen LogP contribution in [0, 0.1) is 0 Å². The molecule has 11 heteroatoms. The molecule has 2 aromatic carbocycles. The molecule has 1 saturated carbocycles. The number of carbonyl (C=O) groups is 1. The van der Waals surface area contributed by atoms with Crippen molar-refractivity contribution in [3.05, 3.63) is 59.1 Å². The summed E-state index contributed by atoms with van der Waals surface area (Å²) >= 11 is 5.70. The quantitative estimate of drug-likeness (QED) is 0.496. The number of nitrogens with zero attached hydrogens (tertiary/aromatic N) is 2. The number of carbonyl (C=O) groups excluding carboxylic acids is 1. The Morgan fingerprint density at radius 3 is 2.24 bits per heavy atom. The van der Waals surface area contributed by atoms with E-state index in [1.807, 2.05) is 0 Å². The van der Waals surface area contributed by atoms with Gasteiger partial charge < -0.3 is 0 Å². The number of nitrogens with one attached hydrogen (secondary N) is 1. The number of hydrazone groups is 1. The fourth-order valence-electron chi connectivity index (χ4n) is 3.65. The minimum atomic E-state index is -4.80. The second-order valence-corrected chi connectivity index (χ2v) is 10.2. The van der Waals surface area contributed by atoms with Crippen LogP contribution in [0.5, 0.6) is 0 Å². The summed E-state index contributed by atoms with van der Waals surface area (Å²) < 4.78 is 67.5. The molecule has 1 aliphatic rings. The van der Waals surface area contributed by atoms with Crippen LogP contribution in [-0.4, -0.2) is 26.6 Å². The number of benzene rings is 2. The molecule has 0 bridgehead atoms. The molecule has 3 rings (SSSR count). The Balaban J connectivity index is 1.92. The second-order valence-electron chi connectivity index (χ2n) is 7.97. The van der Waals surface area contributed by atoms with Crippen molar-refractivity contribution in [2.45, 2.75) is 56.0 Å². The van der Waals surface area contributed by atoms with Crippen molar-refractivity contribution in [2.24, 2.45) is 5.10 Å². The van der Waals surface area contributed by atoms with E-state index in [0.29, 0.717) is 10.4 Å². The fraction of sp³-hybridized carbons (Fsp3) is 0.391. The molecule has 0 heterocycles. The predicted octanol–water partition coefficient (Wildman–Crippen LogP) is 5.77. The average Bonchev–Trinajstić information content (AvgIpc) is 2.77. The lowest BCUT2D eigenvalue weighted by Crippen LogP contribution is -2.40. The molecule has 0 spiro atoms. The molecule has 0 saturated heterocycles. The Labute approximate surface area is 201 Å². The minimum absolute atomic E-state index is 0.169. The molecular weight excluding hydrogens is 491 g/mol. The van der Waals surface area contributed by atoms with Crippen LogP contribution < -0.4 is 9.73 Å². The zero-order valence-electron chi connectivity index (χ0n) is 18.3. The maximum absolute atomic E-state index is 13.4. The highest BCUT2D eigenvalue weighted by Gasteiger charge is 2.35. The van der Waals surface area contributed by atoms with Gasteiger partial charge in [0.05, 0.1) is 21.2 Å². The average molecular weight is 516 g/mol. The van der Waals surface area contributed by atoms with E-state index < -0.39 is 39.2 Å². The zero-order valence-corrected chi connectivity index (χ0v) is 19.9. The Morgan fingerprint density at radius 1 is 1.00 bits per heavy atom. The van der Waals surface area contributed by atoms with Crippen molar-refractivity contribution in [2.75, 3.05) is 10.8 Å². The lowest BCUT2D eigenvalue weighted by atomic mass is 9.99. The summed E-state index contributed by atoms with van der Waals surface area (Å²) in [5.41, 5.74) is 1.65. The van der Waals surface area contributed by atoms with Gasteiger partial charge in [0, 0.05) is 5.71 Å². The van der Waals surface area contributed by atoms with Gasteiger partial charge in [-0.25, -0.2) is 13.8 Å². The van der Waals surface area contributed by atoms with Gasteiger partial charge in [0.15, 0.2) is 0 Å². The lowest BCUT2D eigenvalue weighted by molar-refractivity contribution is -0.137. The summed E-state index contributed by atoms with van der Waals surface area (Å²) in [7, 11) is -4.36. The monoisotopic (exact) mass is 515 g/mol. The summed E-state index contributed by atoms with van der Waals surface area (Å²) in [6.45, 7) is -0.757. The van der Waals surface area contributed by atoms with Crippen LogP contribution >= 0.6 is 11.6 Å². The van der Waals surface area contributed by atoms with Gasteiger partial charge in [0.25, 0.3) is 15.9 Å². The number of amides is 1. The maximum atomic E-state index is 13.4. The number of hydrogen-bond donors (Lipinski definition) is 1. The van der Waals surface area contributed by atoms with Gasteiger partial charge in [-0.1, -0.05) is 49.1 Å². The van der Waals surface area contributed by atoms with E-state index in [0.717, 1.165) is 62.8 Å².